The molecule has 1 N–H and O–H groups in total. The molecule has 0 saturated carbocycles. The molecule has 5 heteroatoms. The highest BCUT2D eigenvalue weighted by molar-refractivity contribution is 5.95. The molecule has 0 aliphatic carbocycles. The molecule has 0 unspecified atom stereocenters. The fraction of sp³-hybridized carbons (Fsp3) is 0.444. The number of rotatable bonds is 6. The third kappa shape index (κ3) is 3.66. The second-order valence-corrected chi connectivity index (χ2v) is 2.74. The number of hydrogen-bond donors (Lipinski definition) is 1. The number of Topliss-reactive ketones (excluding diaryl/α,β-unsaturated/α-hetero) is 1. The van der Waals surface area contributed by atoms with Crippen LogP contribution in [0.2, 0.25) is 0 Å². The number of ether oxygens (including phenoxy) is 1. The zero-order valence-corrected chi connectivity index (χ0v) is 7.50. The first-order valence-corrected chi connectivity index (χ1v) is 4.22. The summed E-state index contributed by atoms with van der Waals surface area (Å²) in [6.45, 7) is -0.575. The maximum Gasteiger partial charge on any atom is 0.261 e. The summed E-state index contributed by atoms with van der Waals surface area (Å²) in [5.41, 5.74) is 0.547. The standard InChI is InChI=1S/C9H11F2NO2/c10-9(11)6-14-4-2-8(13)7-1-3-12-5-7/h1,3,5,9,12H,2,4,6H2. The lowest BCUT2D eigenvalue weighted by Crippen LogP contribution is -2.09. The molecular weight excluding hydrogens is 192 g/mol. The van der Waals surface area contributed by atoms with Gasteiger partial charge in [-0.1, -0.05) is 0 Å². The number of halogens is 2. The highest BCUT2D eigenvalue weighted by Gasteiger charge is 2.07. The number of hydrogen-bond acceptors (Lipinski definition) is 2. The first-order valence-electron chi connectivity index (χ1n) is 4.22. The summed E-state index contributed by atoms with van der Waals surface area (Å²) in [4.78, 5) is 14.0. The average molecular weight is 203 g/mol. The monoisotopic (exact) mass is 203 g/mol. The van der Waals surface area contributed by atoms with E-state index in [4.69, 9.17) is 0 Å². The Kier molecular flexibility index (Phi) is 4.25. The number of nitrogens with one attached hydrogen (secondary N) is 1. The lowest BCUT2D eigenvalue weighted by Gasteiger charge is -2.01. The molecule has 1 heterocycles. The van der Waals surface area contributed by atoms with Gasteiger partial charge in [-0.2, -0.15) is 0 Å². The highest BCUT2D eigenvalue weighted by Crippen LogP contribution is 2.02. The third-order valence-electron chi connectivity index (χ3n) is 1.64. The molecule has 0 bridgehead atoms. The molecular formula is C9H11F2NO2. The molecule has 0 fully saturated rings. The number of carbonyl (C=O) groups is 1. The number of H-pyrrole nitrogens is 1. The summed E-state index contributed by atoms with van der Waals surface area (Å²) in [7, 11) is 0. The van der Waals surface area contributed by atoms with E-state index in [0.717, 1.165) is 0 Å². The van der Waals surface area contributed by atoms with Crippen molar-refractivity contribution in [1.82, 2.24) is 4.98 Å². The van der Waals surface area contributed by atoms with Gasteiger partial charge in [0.25, 0.3) is 6.43 Å². The van der Waals surface area contributed by atoms with Crippen LogP contribution < -0.4 is 0 Å². The van der Waals surface area contributed by atoms with Gasteiger partial charge >= 0.3 is 0 Å². The van der Waals surface area contributed by atoms with Crippen molar-refractivity contribution < 1.29 is 18.3 Å². The molecule has 14 heavy (non-hydrogen) atoms. The summed E-state index contributed by atoms with van der Waals surface area (Å²) in [5.74, 6) is -0.111. The normalized spacial score (nSPS) is 10.8. The van der Waals surface area contributed by atoms with Gasteiger partial charge in [0.1, 0.15) is 6.61 Å². The van der Waals surface area contributed by atoms with Crippen molar-refractivity contribution >= 4 is 5.78 Å². The van der Waals surface area contributed by atoms with Gasteiger partial charge < -0.3 is 9.72 Å². The summed E-state index contributed by atoms with van der Waals surface area (Å²) < 4.78 is 27.8. The van der Waals surface area contributed by atoms with Gasteiger partial charge in [0.2, 0.25) is 0 Å². The number of alkyl halides is 2. The Hall–Kier alpha value is -1.23. The van der Waals surface area contributed by atoms with Crippen LogP contribution in [-0.4, -0.2) is 30.4 Å². The highest BCUT2D eigenvalue weighted by atomic mass is 19.3. The van der Waals surface area contributed by atoms with Crippen LogP contribution in [0.5, 0.6) is 0 Å². The van der Waals surface area contributed by atoms with E-state index in [1.54, 1.807) is 18.5 Å². The largest absolute Gasteiger partial charge is 0.375 e. The van der Waals surface area contributed by atoms with Gasteiger partial charge in [-0.05, 0) is 6.07 Å². The predicted molar refractivity (Wildman–Crippen MR) is 46.6 cm³/mol. The number of aromatic amines is 1. The zero-order valence-electron chi connectivity index (χ0n) is 7.50. The maximum absolute atomic E-state index is 11.6. The van der Waals surface area contributed by atoms with Gasteiger partial charge in [-0.15, -0.1) is 0 Å². The molecule has 0 aromatic carbocycles. The smallest absolute Gasteiger partial charge is 0.261 e. The van der Waals surface area contributed by atoms with E-state index in [9.17, 15) is 13.6 Å². The molecule has 0 aliphatic heterocycles. The van der Waals surface area contributed by atoms with Crippen LogP contribution in [0.1, 0.15) is 16.8 Å². The van der Waals surface area contributed by atoms with E-state index in [1.807, 2.05) is 0 Å². The molecule has 3 nitrogen and oxygen atoms in total. The van der Waals surface area contributed by atoms with Gasteiger partial charge in [0.05, 0.1) is 6.61 Å². The third-order valence-corrected chi connectivity index (χ3v) is 1.64. The van der Waals surface area contributed by atoms with Crippen LogP contribution in [-0.2, 0) is 4.74 Å². The molecule has 0 aliphatic rings. The lowest BCUT2D eigenvalue weighted by atomic mass is 10.2. The van der Waals surface area contributed by atoms with Gasteiger partial charge in [0, 0.05) is 24.4 Å². The number of carbonyl (C=O) groups excluding carboxylic acids is 1. The summed E-state index contributed by atoms with van der Waals surface area (Å²) in [6.07, 6.45) is 0.852. The topological polar surface area (TPSA) is 42.1 Å². The molecule has 0 amide bonds. The molecule has 1 rings (SSSR count). The van der Waals surface area contributed by atoms with Crippen molar-refractivity contribution in [1.29, 1.82) is 0 Å². The van der Waals surface area contributed by atoms with Gasteiger partial charge in [-0.3, -0.25) is 4.79 Å². The molecule has 1 aromatic rings. The van der Waals surface area contributed by atoms with Crippen molar-refractivity contribution in [2.75, 3.05) is 13.2 Å². The summed E-state index contributed by atoms with van der Waals surface area (Å²) in [5, 5.41) is 0. The van der Waals surface area contributed by atoms with Crippen LogP contribution >= 0.6 is 0 Å². The van der Waals surface area contributed by atoms with Crippen molar-refractivity contribution in [3.05, 3.63) is 24.0 Å². The minimum atomic E-state index is -2.47. The van der Waals surface area contributed by atoms with Crippen LogP contribution in [0.3, 0.4) is 0 Å². The quantitative estimate of drug-likeness (QED) is 0.566. The molecule has 0 atom stereocenters. The van der Waals surface area contributed by atoms with E-state index in [1.165, 1.54) is 0 Å². The van der Waals surface area contributed by atoms with Crippen molar-refractivity contribution in [2.24, 2.45) is 0 Å². The molecule has 1 aromatic heterocycles. The molecule has 0 saturated heterocycles. The molecule has 0 spiro atoms. The van der Waals surface area contributed by atoms with Crippen LogP contribution in [0.25, 0.3) is 0 Å². The van der Waals surface area contributed by atoms with Crippen molar-refractivity contribution in [2.45, 2.75) is 12.8 Å². The molecule has 0 radical (unpaired) electrons. The second-order valence-electron chi connectivity index (χ2n) is 2.74. The van der Waals surface area contributed by atoms with Crippen molar-refractivity contribution in [3.8, 4) is 0 Å². The Morgan fingerprint density at radius 1 is 1.57 bits per heavy atom. The average Bonchev–Trinajstić information content (AvgIpc) is 2.64. The Labute approximate surface area is 80.1 Å². The Balaban J connectivity index is 2.16. The minimum absolute atomic E-state index is 0.0361. The fourth-order valence-electron chi connectivity index (χ4n) is 0.979. The van der Waals surface area contributed by atoms with E-state index >= 15 is 0 Å². The van der Waals surface area contributed by atoms with Crippen LogP contribution in [0.4, 0.5) is 8.78 Å². The fourth-order valence-corrected chi connectivity index (χ4v) is 0.979. The van der Waals surface area contributed by atoms with Crippen LogP contribution in [0, 0.1) is 0 Å². The van der Waals surface area contributed by atoms with E-state index in [-0.39, 0.29) is 18.8 Å². The van der Waals surface area contributed by atoms with Crippen LogP contribution in [0.15, 0.2) is 18.5 Å². The zero-order chi connectivity index (χ0) is 10.4. The Bertz CT molecular complexity index is 272. The maximum atomic E-state index is 11.6. The number of ketones is 1. The van der Waals surface area contributed by atoms with E-state index in [2.05, 4.69) is 9.72 Å². The Morgan fingerprint density at radius 3 is 2.93 bits per heavy atom. The first-order chi connectivity index (χ1) is 6.70. The second kappa shape index (κ2) is 5.49. The predicted octanol–water partition coefficient (Wildman–Crippen LogP) is 1.87. The lowest BCUT2D eigenvalue weighted by molar-refractivity contribution is 0.0170. The van der Waals surface area contributed by atoms with Gasteiger partial charge in [0.15, 0.2) is 5.78 Å². The first kappa shape index (κ1) is 10.8. The van der Waals surface area contributed by atoms with Gasteiger partial charge in [-0.25, -0.2) is 8.78 Å². The minimum Gasteiger partial charge on any atom is -0.375 e. The van der Waals surface area contributed by atoms with E-state index < -0.39 is 13.0 Å². The van der Waals surface area contributed by atoms with Crippen molar-refractivity contribution in [3.63, 3.8) is 0 Å². The molecule has 78 valence electrons. The van der Waals surface area contributed by atoms with E-state index in [0.29, 0.717) is 5.56 Å². The SMILES string of the molecule is O=C(CCOCC(F)F)c1cc[nH]c1. The summed E-state index contributed by atoms with van der Waals surface area (Å²) in [6, 6.07) is 1.63. The Morgan fingerprint density at radius 2 is 2.36 bits per heavy atom. The summed E-state index contributed by atoms with van der Waals surface area (Å²) >= 11 is 0. The number of aromatic nitrogens is 1.